The van der Waals surface area contributed by atoms with E-state index in [1.54, 1.807) is 6.33 Å². The van der Waals surface area contributed by atoms with Gasteiger partial charge in [0.2, 0.25) is 0 Å². The highest BCUT2D eigenvalue weighted by Gasteiger charge is 2.20. The maximum Gasteiger partial charge on any atom is 0.0931 e. The monoisotopic (exact) mass is 232 g/mol. The lowest BCUT2D eigenvalue weighted by atomic mass is 9.84. The zero-order chi connectivity index (χ0) is 12.3. The molecule has 0 aliphatic carbocycles. The first kappa shape index (κ1) is 12.1. The minimum absolute atomic E-state index is 0.0917. The number of imidazole rings is 1. The number of H-pyrrole nitrogens is 1. The molecule has 0 aliphatic heterocycles. The molecule has 2 rings (SSSR count). The van der Waals surface area contributed by atoms with Crippen LogP contribution in [0.5, 0.6) is 0 Å². The summed E-state index contributed by atoms with van der Waals surface area (Å²) in [6.07, 6.45) is 1.73. The van der Waals surface area contributed by atoms with Gasteiger partial charge in [-0.1, -0.05) is 19.9 Å². The average Bonchev–Trinajstić information content (AvgIpc) is 2.76. The Bertz CT molecular complexity index is 487. The third-order valence-corrected chi connectivity index (χ3v) is 3.09. The minimum Gasteiger partial charge on any atom is -0.345 e. The smallest absolute Gasteiger partial charge is 0.0931 e. The van der Waals surface area contributed by atoms with Crippen LogP contribution in [-0.4, -0.2) is 29.6 Å². The Balaban J connectivity index is 2.18. The Labute approximate surface area is 102 Å². The first-order valence-corrected chi connectivity index (χ1v) is 5.98. The normalized spacial score (nSPS) is 12.2. The van der Waals surface area contributed by atoms with Crippen LogP contribution in [0.3, 0.4) is 0 Å². The Morgan fingerprint density at radius 3 is 3.00 bits per heavy atom. The van der Waals surface area contributed by atoms with Crippen LogP contribution in [-0.2, 0) is 5.41 Å². The number of aromatic amines is 1. The van der Waals surface area contributed by atoms with Crippen LogP contribution in [0.25, 0.3) is 11.0 Å². The van der Waals surface area contributed by atoms with Crippen molar-refractivity contribution < 1.29 is 0 Å². The molecule has 0 fully saturated rings. The van der Waals surface area contributed by atoms with Gasteiger partial charge in [0.1, 0.15) is 0 Å². The second kappa shape index (κ2) is 4.85. The Morgan fingerprint density at radius 1 is 1.41 bits per heavy atom. The molecule has 17 heavy (non-hydrogen) atoms. The largest absolute Gasteiger partial charge is 0.345 e. The molecule has 1 heterocycles. The third-order valence-electron chi connectivity index (χ3n) is 3.09. The summed E-state index contributed by atoms with van der Waals surface area (Å²) in [6, 6.07) is 6.38. The summed E-state index contributed by atoms with van der Waals surface area (Å²) in [4.78, 5) is 7.38. The molecular weight excluding hydrogens is 212 g/mol. The molecule has 92 valence electrons. The molecule has 4 N–H and O–H groups in total. The van der Waals surface area contributed by atoms with Crippen LogP contribution in [0, 0.1) is 0 Å². The van der Waals surface area contributed by atoms with Crippen LogP contribution < -0.4 is 11.1 Å². The summed E-state index contributed by atoms with van der Waals surface area (Å²) >= 11 is 0. The fourth-order valence-corrected chi connectivity index (χ4v) is 1.96. The fraction of sp³-hybridized carbons (Fsp3) is 0.462. The summed E-state index contributed by atoms with van der Waals surface area (Å²) in [5.41, 5.74) is 8.98. The van der Waals surface area contributed by atoms with Crippen LogP contribution in [0.2, 0.25) is 0 Å². The van der Waals surface area contributed by atoms with Crippen molar-refractivity contribution in [1.82, 2.24) is 15.3 Å². The lowest BCUT2D eigenvalue weighted by Gasteiger charge is -2.25. The molecule has 4 nitrogen and oxygen atoms in total. The van der Waals surface area contributed by atoms with Crippen LogP contribution >= 0.6 is 0 Å². The number of rotatable bonds is 5. The van der Waals surface area contributed by atoms with Crippen molar-refractivity contribution >= 4 is 11.0 Å². The lowest BCUT2D eigenvalue weighted by molar-refractivity contribution is 0.474. The highest BCUT2D eigenvalue weighted by Crippen LogP contribution is 2.24. The fourth-order valence-electron chi connectivity index (χ4n) is 1.96. The number of aromatic nitrogens is 2. The van der Waals surface area contributed by atoms with Gasteiger partial charge in [0, 0.05) is 25.0 Å². The molecule has 0 saturated heterocycles. The van der Waals surface area contributed by atoms with E-state index in [-0.39, 0.29) is 5.41 Å². The van der Waals surface area contributed by atoms with E-state index in [9.17, 15) is 0 Å². The predicted octanol–water partition coefficient (Wildman–Crippen LogP) is 1.39. The SMILES string of the molecule is CC(C)(CNCCN)c1ccc2nc[nH]c2c1. The van der Waals surface area contributed by atoms with Gasteiger partial charge < -0.3 is 16.0 Å². The molecule has 0 spiro atoms. The highest BCUT2D eigenvalue weighted by atomic mass is 14.9. The number of nitrogens with zero attached hydrogens (tertiary/aromatic N) is 1. The van der Waals surface area contributed by atoms with E-state index in [1.807, 2.05) is 0 Å². The van der Waals surface area contributed by atoms with Crippen molar-refractivity contribution in [3.63, 3.8) is 0 Å². The van der Waals surface area contributed by atoms with Gasteiger partial charge in [-0.05, 0) is 17.7 Å². The van der Waals surface area contributed by atoms with E-state index in [4.69, 9.17) is 5.73 Å². The molecule has 0 amide bonds. The van der Waals surface area contributed by atoms with Crippen molar-refractivity contribution in [3.8, 4) is 0 Å². The molecule has 0 saturated carbocycles. The maximum absolute atomic E-state index is 5.48. The van der Waals surface area contributed by atoms with Crippen LogP contribution in [0.4, 0.5) is 0 Å². The first-order chi connectivity index (χ1) is 8.13. The van der Waals surface area contributed by atoms with E-state index in [2.05, 4.69) is 47.3 Å². The standard InChI is InChI=1S/C13H20N4/c1-13(2,8-15-6-5-14)10-3-4-11-12(7-10)17-9-16-11/h3-4,7,9,15H,5-6,8,14H2,1-2H3,(H,16,17). The minimum atomic E-state index is 0.0917. The summed E-state index contributed by atoms with van der Waals surface area (Å²) in [5.74, 6) is 0. The summed E-state index contributed by atoms with van der Waals surface area (Å²) in [6.45, 7) is 6.91. The highest BCUT2D eigenvalue weighted by molar-refractivity contribution is 5.75. The third kappa shape index (κ3) is 2.65. The lowest BCUT2D eigenvalue weighted by Crippen LogP contribution is -2.35. The van der Waals surface area contributed by atoms with Gasteiger partial charge in [-0.25, -0.2) is 4.98 Å². The Morgan fingerprint density at radius 2 is 2.24 bits per heavy atom. The average molecular weight is 232 g/mol. The van der Waals surface area contributed by atoms with Crippen molar-refractivity contribution in [2.24, 2.45) is 5.73 Å². The van der Waals surface area contributed by atoms with Crippen molar-refractivity contribution in [3.05, 3.63) is 30.1 Å². The topological polar surface area (TPSA) is 66.7 Å². The van der Waals surface area contributed by atoms with E-state index < -0.39 is 0 Å². The second-order valence-electron chi connectivity index (χ2n) is 4.98. The molecular formula is C13H20N4. The zero-order valence-corrected chi connectivity index (χ0v) is 10.5. The second-order valence-corrected chi connectivity index (χ2v) is 4.98. The first-order valence-electron chi connectivity index (χ1n) is 5.98. The van der Waals surface area contributed by atoms with Crippen molar-refractivity contribution in [2.45, 2.75) is 19.3 Å². The van der Waals surface area contributed by atoms with E-state index >= 15 is 0 Å². The van der Waals surface area contributed by atoms with Gasteiger partial charge in [-0.15, -0.1) is 0 Å². The van der Waals surface area contributed by atoms with Crippen LogP contribution in [0.15, 0.2) is 24.5 Å². The van der Waals surface area contributed by atoms with E-state index in [0.717, 1.165) is 24.1 Å². The summed E-state index contributed by atoms with van der Waals surface area (Å²) in [7, 11) is 0. The number of fused-ring (bicyclic) bond motifs is 1. The molecule has 2 aromatic rings. The number of nitrogens with two attached hydrogens (primary N) is 1. The number of hydrogen-bond donors (Lipinski definition) is 3. The van der Waals surface area contributed by atoms with E-state index in [1.165, 1.54) is 5.56 Å². The van der Waals surface area contributed by atoms with Gasteiger partial charge in [-0.3, -0.25) is 0 Å². The van der Waals surface area contributed by atoms with Gasteiger partial charge >= 0.3 is 0 Å². The Hall–Kier alpha value is -1.39. The van der Waals surface area contributed by atoms with Crippen LogP contribution in [0.1, 0.15) is 19.4 Å². The molecule has 0 atom stereocenters. The molecule has 0 aliphatic rings. The molecule has 1 aromatic heterocycles. The number of hydrogen-bond acceptors (Lipinski definition) is 3. The summed E-state index contributed by atoms with van der Waals surface area (Å²) < 4.78 is 0. The van der Waals surface area contributed by atoms with E-state index in [0.29, 0.717) is 6.54 Å². The maximum atomic E-state index is 5.48. The molecule has 0 unspecified atom stereocenters. The van der Waals surface area contributed by atoms with Gasteiger partial charge in [0.15, 0.2) is 0 Å². The van der Waals surface area contributed by atoms with Crippen molar-refractivity contribution in [1.29, 1.82) is 0 Å². The van der Waals surface area contributed by atoms with Gasteiger partial charge in [0.25, 0.3) is 0 Å². The molecule has 0 bridgehead atoms. The summed E-state index contributed by atoms with van der Waals surface area (Å²) in [5, 5.41) is 3.36. The van der Waals surface area contributed by atoms with Gasteiger partial charge in [-0.2, -0.15) is 0 Å². The predicted molar refractivity (Wildman–Crippen MR) is 71.0 cm³/mol. The number of nitrogens with one attached hydrogen (secondary N) is 2. The Kier molecular flexibility index (Phi) is 3.45. The zero-order valence-electron chi connectivity index (χ0n) is 10.5. The van der Waals surface area contributed by atoms with Gasteiger partial charge in [0.05, 0.1) is 17.4 Å². The molecule has 4 heteroatoms. The number of benzene rings is 1. The van der Waals surface area contributed by atoms with Crippen molar-refractivity contribution in [2.75, 3.05) is 19.6 Å². The molecule has 1 aromatic carbocycles. The molecule has 0 radical (unpaired) electrons. The quantitative estimate of drug-likeness (QED) is 0.682.